The number of sulfonamides is 1. The highest BCUT2D eigenvalue weighted by Crippen LogP contribution is 2.36. The number of carboxylic acids is 1. The molecule has 1 heterocycles. The van der Waals surface area contributed by atoms with Crippen LogP contribution in [0, 0.1) is 0 Å². The minimum Gasteiger partial charge on any atom is -0.481 e. The number of nitrogens with one attached hydrogen (secondary N) is 2. The predicted octanol–water partition coefficient (Wildman–Crippen LogP) is 7.61. The first-order chi connectivity index (χ1) is 24.9. The van der Waals surface area contributed by atoms with E-state index in [9.17, 15) is 36.0 Å². The monoisotopic (exact) mass is 802 g/mol. The maximum atomic E-state index is 12.7. The lowest BCUT2D eigenvalue weighted by atomic mass is 10.2. The molecule has 0 fully saturated rings. The van der Waals surface area contributed by atoms with E-state index >= 15 is 0 Å². The van der Waals surface area contributed by atoms with Crippen LogP contribution in [0.5, 0.6) is 23.1 Å². The largest absolute Gasteiger partial charge is 0.481 e. The SMILES string of the molecule is CCCCOC(=O)C(C)Oc1ccc(Oc2ccc(C(F)(F)F)cc2Cl)cc1.COc1cc(Cl)nc(NC(=O)NS(=O)(=O)c2ccccc2C(=O)O)n1. The highest BCUT2D eigenvalue weighted by molar-refractivity contribution is 7.90. The van der Waals surface area contributed by atoms with Crippen molar-refractivity contribution in [3.05, 3.63) is 94.1 Å². The summed E-state index contributed by atoms with van der Waals surface area (Å²) in [5.41, 5.74) is -1.34. The van der Waals surface area contributed by atoms with Gasteiger partial charge in [-0.25, -0.2) is 32.5 Å². The third-order valence-electron chi connectivity index (χ3n) is 6.44. The number of ether oxygens (including phenoxy) is 4. The lowest BCUT2D eigenvalue weighted by molar-refractivity contribution is -0.151. The van der Waals surface area contributed by atoms with E-state index < -0.39 is 56.3 Å². The highest BCUT2D eigenvalue weighted by atomic mass is 35.5. The van der Waals surface area contributed by atoms with Crippen LogP contribution >= 0.6 is 23.2 Å². The van der Waals surface area contributed by atoms with Gasteiger partial charge in [0.05, 0.1) is 29.9 Å². The summed E-state index contributed by atoms with van der Waals surface area (Å²) in [6.07, 6.45) is -3.53. The van der Waals surface area contributed by atoms with E-state index in [2.05, 4.69) is 15.3 Å². The lowest BCUT2D eigenvalue weighted by Gasteiger charge is -2.14. The molecule has 0 spiro atoms. The van der Waals surface area contributed by atoms with Crippen LogP contribution in [0.4, 0.5) is 23.9 Å². The Bertz CT molecular complexity index is 2020. The molecule has 0 saturated carbocycles. The molecule has 20 heteroatoms. The topological polar surface area (TPSA) is 192 Å². The molecule has 0 aliphatic rings. The summed E-state index contributed by atoms with van der Waals surface area (Å²) in [4.78, 5) is 41.7. The van der Waals surface area contributed by atoms with Gasteiger partial charge in [-0.3, -0.25) is 5.32 Å². The molecule has 0 radical (unpaired) electrons. The van der Waals surface area contributed by atoms with E-state index in [0.717, 1.165) is 43.2 Å². The first-order valence-corrected chi connectivity index (χ1v) is 17.4. The summed E-state index contributed by atoms with van der Waals surface area (Å²) in [7, 11) is -3.13. The zero-order chi connectivity index (χ0) is 39.3. The number of halogens is 5. The Labute approximate surface area is 311 Å². The molecular weight excluding hydrogens is 772 g/mol. The normalized spacial score (nSPS) is 11.6. The fraction of sp³-hybridized carbons (Fsp3) is 0.242. The average Bonchev–Trinajstić information content (AvgIpc) is 3.09. The fourth-order valence-electron chi connectivity index (χ4n) is 3.90. The molecule has 1 aromatic heterocycles. The van der Waals surface area contributed by atoms with Crippen molar-refractivity contribution < 1.29 is 60.0 Å². The van der Waals surface area contributed by atoms with Gasteiger partial charge in [-0.2, -0.15) is 18.2 Å². The Balaban J connectivity index is 0.000000287. The molecule has 14 nitrogen and oxygen atoms in total. The van der Waals surface area contributed by atoms with Crippen molar-refractivity contribution in [1.82, 2.24) is 14.7 Å². The van der Waals surface area contributed by atoms with Gasteiger partial charge in [0.25, 0.3) is 10.0 Å². The minimum atomic E-state index is -4.48. The van der Waals surface area contributed by atoms with Crippen molar-refractivity contribution in [2.24, 2.45) is 0 Å². The molecular formula is C33H31Cl2F3N4O10S. The number of methoxy groups -OCH3 is 1. The van der Waals surface area contributed by atoms with Gasteiger partial charge in [-0.05, 0) is 67.9 Å². The number of hydrogen-bond donors (Lipinski definition) is 3. The van der Waals surface area contributed by atoms with Gasteiger partial charge in [-0.1, -0.05) is 48.7 Å². The van der Waals surface area contributed by atoms with Crippen molar-refractivity contribution in [3.63, 3.8) is 0 Å². The summed E-state index contributed by atoms with van der Waals surface area (Å²) in [6, 6.07) is 14.0. The highest BCUT2D eigenvalue weighted by Gasteiger charge is 2.31. The van der Waals surface area contributed by atoms with Crippen molar-refractivity contribution >= 4 is 57.1 Å². The number of carbonyl (C=O) groups is 3. The number of aromatic nitrogens is 2. The summed E-state index contributed by atoms with van der Waals surface area (Å²) in [5, 5.41) is 10.9. The van der Waals surface area contributed by atoms with Crippen LogP contribution in [0.15, 0.2) is 77.7 Å². The maximum absolute atomic E-state index is 12.7. The number of esters is 1. The molecule has 3 aromatic carbocycles. The van der Waals surface area contributed by atoms with Crippen LogP contribution < -0.4 is 24.2 Å². The van der Waals surface area contributed by atoms with Crippen molar-refractivity contribution in [2.75, 3.05) is 19.0 Å². The van der Waals surface area contributed by atoms with Gasteiger partial charge in [0.15, 0.2) is 6.10 Å². The number of benzene rings is 3. The second kappa shape index (κ2) is 19.0. The Morgan fingerprint density at radius 3 is 2.23 bits per heavy atom. The second-order valence-corrected chi connectivity index (χ2v) is 12.9. The van der Waals surface area contributed by atoms with Crippen LogP contribution in [0.2, 0.25) is 10.2 Å². The van der Waals surface area contributed by atoms with Crippen molar-refractivity contribution in [1.29, 1.82) is 0 Å². The number of carboxylic acid groups (broad SMARTS) is 1. The number of hydrogen-bond acceptors (Lipinski definition) is 11. The summed E-state index contributed by atoms with van der Waals surface area (Å²) in [5.74, 6) is -1.29. The number of anilines is 1. The zero-order valence-electron chi connectivity index (χ0n) is 27.9. The molecule has 4 aromatic rings. The first-order valence-electron chi connectivity index (χ1n) is 15.2. The smallest absolute Gasteiger partial charge is 0.416 e. The number of rotatable bonds is 13. The van der Waals surface area contributed by atoms with E-state index in [1.54, 1.807) is 35.9 Å². The van der Waals surface area contributed by atoms with Crippen LogP contribution in [0.1, 0.15) is 42.6 Å². The number of unbranched alkanes of at least 4 members (excludes halogenated alkanes) is 1. The third-order valence-corrected chi connectivity index (χ3v) is 8.32. The van der Waals surface area contributed by atoms with Crippen LogP contribution in [-0.4, -0.2) is 61.3 Å². The van der Waals surface area contributed by atoms with Gasteiger partial charge < -0.3 is 24.1 Å². The van der Waals surface area contributed by atoms with Crippen LogP contribution in [-0.2, 0) is 25.7 Å². The number of urea groups is 1. The molecule has 2 amide bonds. The molecule has 3 N–H and O–H groups in total. The first kappa shape index (κ1) is 42.1. The minimum absolute atomic E-state index is 0.0405. The zero-order valence-corrected chi connectivity index (χ0v) is 30.3. The Kier molecular flexibility index (Phi) is 15.0. The van der Waals surface area contributed by atoms with Gasteiger partial charge >= 0.3 is 24.1 Å². The summed E-state index contributed by atoms with van der Waals surface area (Å²) >= 11 is 11.6. The van der Waals surface area contributed by atoms with Gasteiger partial charge in [0.2, 0.25) is 11.8 Å². The van der Waals surface area contributed by atoms with Gasteiger partial charge in [-0.15, -0.1) is 0 Å². The van der Waals surface area contributed by atoms with E-state index in [0.29, 0.717) is 18.1 Å². The van der Waals surface area contributed by atoms with E-state index in [-0.39, 0.29) is 27.8 Å². The van der Waals surface area contributed by atoms with Crippen LogP contribution in [0.3, 0.4) is 0 Å². The van der Waals surface area contributed by atoms with Gasteiger partial charge in [0.1, 0.15) is 27.3 Å². The second-order valence-electron chi connectivity index (χ2n) is 10.4. The van der Waals surface area contributed by atoms with E-state index in [4.69, 9.17) is 47.3 Å². The number of nitrogens with zero attached hydrogens (tertiary/aromatic N) is 2. The Morgan fingerprint density at radius 1 is 0.962 bits per heavy atom. The number of carbonyl (C=O) groups excluding carboxylic acids is 2. The standard InChI is InChI=1S/C20H20ClF3O4.C13H11ClN4O6S/c1-3-4-11-26-19(25)13(2)27-15-6-8-16(9-7-15)28-18-10-5-14(12-17(18)21)20(22,23)24;1-24-10-6-9(14)15-12(16-10)17-13(21)18-25(22,23)8-5-3-2-4-7(8)11(19)20/h5-10,12-13H,3-4,11H2,1-2H3;2-6H,1H3,(H,19,20)(H2,15,16,17,18,21). The average molecular weight is 804 g/mol. The predicted molar refractivity (Wildman–Crippen MR) is 185 cm³/mol. The number of alkyl halides is 3. The quantitative estimate of drug-likeness (QED) is 0.0682. The maximum Gasteiger partial charge on any atom is 0.416 e. The summed E-state index contributed by atoms with van der Waals surface area (Å²) in [6.45, 7) is 3.93. The molecule has 284 valence electrons. The molecule has 1 unspecified atom stereocenters. The molecule has 1 atom stereocenters. The van der Waals surface area contributed by atoms with Crippen molar-refractivity contribution in [3.8, 4) is 23.1 Å². The molecule has 4 rings (SSSR count). The van der Waals surface area contributed by atoms with E-state index in [1.165, 1.54) is 25.3 Å². The Morgan fingerprint density at radius 2 is 1.62 bits per heavy atom. The van der Waals surface area contributed by atoms with Crippen molar-refractivity contribution in [2.45, 2.75) is 43.9 Å². The molecule has 0 bridgehead atoms. The van der Waals surface area contributed by atoms with Crippen LogP contribution in [0.25, 0.3) is 0 Å². The molecule has 0 aliphatic heterocycles. The third kappa shape index (κ3) is 13.0. The summed E-state index contributed by atoms with van der Waals surface area (Å²) < 4.78 is 85.1. The fourth-order valence-corrected chi connectivity index (χ4v) is 5.40. The Hall–Kier alpha value is -5.33. The number of amides is 2. The number of aromatic carboxylic acids is 1. The molecule has 0 saturated heterocycles. The van der Waals surface area contributed by atoms with Gasteiger partial charge in [0, 0.05) is 6.07 Å². The molecule has 53 heavy (non-hydrogen) atoms. The lowest BCUT2D eigenvalue weighted by Crippen LogP contribution is -2.35. The molecule has 0 aliphatic carbocycles. The van der Waals surface area contributed by atoms with E-state index in [1.807, 2.05) is 6.92 Å².